The Balaban J connectivity index is 1.18. The monoisotopic (exact) mass is 590 g/mol. The minimum absolute atomic E-state index is 0.00774. The highest BCUT2D eigenvalue weighted by molar-refractivity contribution is 5.75. The van der Waals surface area contributed by atoms with E-state index >= 15 is 0 Å². The van der Waals surface area contributed by atoms with Gasteiger partial charge in [-0.25, -0.2) is 4.79 Å². The van der Waals surface area contributed by atoms with E-state index < -0.39 is 6.29 Å². The van der Waals surface area contributed by atoms with Gasteiger partial charge in [0.2, 0.25) is 0 Å². The molecule has 0 radical (unpaired) electrons. The molecule has 44 heavy (non-hydrogen) atoms. The second-order valence-corrected chi connectivity index (χ2v) is 11.9. The van der Waals surface area contributed by atoms with Crippen LogP contribution in [0.25, 0.3) is 11.0 Å². The topological polar surface area (TPSA) is 106 Å². The van der Waals surface area contributed by atoms with Gasteiger partial charge in [-0.05, 0) is 53.8 Å². The van der Waals surface area contributed by atoms with Crippen LogP contribution in [0.5, 0.6) is 0 Å². The summed E-state index contributed by atoms with van der Waals surface area (Å²) >= 11 is 0. The minimum atomic E-state index is -0.590. The first-order valence-electron chi connectivity index (χ1n) is 15.4. The number of nitrogen functional groups attached to an aromatic ring is 1. The third kappa shape index (κ3) is 5.69. The van der Waals surface area contributed by atoms with Crippen molar-refractivity contribution < 1.29 is 14.6 Å². The van der Waals surface area contributed by atoms with E-state index in [9.17, 15) is 9.90 Å². The molecule has 7 rings (SSSR count). The first-order chi connectivity index (χ1) is 21.6. The Hall–Kier alpha value is -4.21. The van der Waals surface area contributed by atoms with Crippen LogP contribution in [0, 0.1) is 0 Å². The Morgan fingerprint density at radius 3 is 2.30 bits per heavy atom. The molecule has 226 valence electrons. The molecule has 5 aromatic rings. The van der Waals surface area contributed by atoms with Gasteiger partial charge in [0.05, 0.1) is 29.8 Å². The first-order valence-corrected chi connectivity index (χ1v) is 15.4. The number of piperidine rings is 1. The minimum Gasteiger partial charge on any atom is -0.399 e. The number of nitrogens with zero attached hydrogens (tertiary/aromatic N) is 2. The molecule has 2 fully saturated rings. The summed E-state index contributed by atoms with van der Waals surface area (Å²) in [7, 11) is 0. The van der Waals surface area contributed by atoms with Crippen LogP contribution in [0.2, 0.25) is 0 Å². The van der Waals surface area contributed by atoms with E-state index in [-0.39, 0.29) is 36.5 Å². The maximum absolute atomic E-state index is 12.9. The lowest BCUT2D eigenvalue weighted by atomic mass is 9.83. The molecule has 0 spiro atoms. The molecule has 1 aromatic heterocycles. The predicted octanol–water partition coefficient (Wildman–Crippen LogP) is 5.68. The summed E-state index contributed by atoms with van der Waals surface area (Å²) in [5.41, 5.74) is 12.6. The molecule has 0 amide bonds. The molecule has 4 N–H and O–H groups in total. The van der Waals surface area contributed by atoms with Crippen LogP contribution in [0.4, 0.5) is 5.69 Å². The van der Waals surface area contributed by atoms with Crippen molar-refractivity contribution in [1.29, 1.82) is 0 Å². The maximum atomic E-state index is 12.9. The number of hydrogen-bond acceptors (Lipinski definition) is 6. The zero-order chi connectivity index (χ0) is 30.0. The molecule has 4 unspecified atom stereocenters. The van der Waals surface area contributed by atoms with Crippen molar-refractivity contribution in [3.8, 4) is 0 Å². The Bertz CT molecular complexity index is 1760. The molecule has 2 saturated heterocycles. The predicted molar refractivity (Wildman–Crippen MR) is 171 cm³/mol. The van der Waals surface area contributed by atoms with E-state index in [1.165, 1.54) is 0 Å². The number of ether oxygens (including phenoxy) is 2. The maximum Gasteiger partial charge on any atom is 0.326 e. The quantitative estimate of drug-likeness (QED) is 0.211. The van der Waals surface area contributed by atoms with Gasteiger partial charge in [0, 0.05) is 42.8 Å². The number of aliphatic hydroxyl groups is 1. The Labute approximate surface area is 256 Å². The molecule has 2 aliphatic rings. The fourth-order valence-corrected chi connectivity index (χ4v) is 6.92. The first kappa shape index (κ1) is 28.6. The van der Waals surface area contributed by atoms with E-state index in [2.05, 4.69) is 46.3 Å². The average Bonchev–Trinajstić information content (AvgIpc) is 3.41. The molecular formula is C36H38N4O4. The number of nitrogens with one attached hydrogen (secondary N) is 1. The molecular weight excluding hydrogens is 552 g/mol. The highest BCUT2D eigenvalue weighted by Gasteiger charge is 2.43. The second kappa shape index (κ2) is 12.4. The highest BCUT2D eigenvalue weighted by Crippen LogP contribution is 2.47. The summed E-state index contributed by atoms with van der Waals surface area (Å²) in [5.74, 6) is -0.0672. The molecule has 8 nitrogen and oxygen atoms in total. The van der Waals surface area contributed by atoms with E-state index in [1.54, 1.807) is 0 Å². The lowest BCUT2D eigenvalue weighted by Crippen LogP contribution is -2.47. The number of anilines is 1. The van der Waals surface area contributed by atoms with Crippen molar-refractivity contribution in [2.45, 2.75) is 49.9 Å². The summed E-state index contributed by atoms with van der Waals surface area (Å²) in [6.07, 6.45) is 0.718. The van der Waals surface area contributed by atoms with Crippen molar-refractivity contribution in [3.05, 3.63) is 136 Å². The summed E-state index contributed by atoms with van der Waals surface area (Å²) in [5, 5.41) is 9.67. The highest BCUT2D eigenvalue weighted by atomic mass is 16.7. The lowest BCUT2D eigenvalue weighted by Gasteiger charge is -2.45. The number of hydrogen-bond donors (Lipinski definition) is 3. The molecule has 2 aliphatic heterocycles. The van der Waals surface area contributed by atoms with Crippen molar-refractivity contribution in [3.63, 3.8) is 0 Å². The fraction of sp³-hybridized carbons (Fsp3) is 0.306. The van der Waals surface area contributed by atoms with Gasteiger partial charge in [0.1, 0.15) is 0 Å². The third-order valence-electron chi connectivity index (χ3n) is 9.14. The molecule has 4 atom stereocenters. The van der Waals surface area contributed by atoms with Crippen LogP contribution in [-0.2, 0) is 16.1 Å². The average molecular weight is 591 g/mol. The van der Waals surface area contributed by atoms with Crippen LogP contribution >= 0.6 is 0 Å². The number of H-pyrrole nitrogens is 1. The number of imidazole rings is 1. The zero-order valence-electron chi connectivity index (χ0n) is 24.6. The number of para-hydroxylation sites is 2. The number of fused-ring (bicyclic) bond motifs is 1. The fourth-order valence-electron chi connectivity index (χ4n) is 6.92. The van der Waals surface area contributed by atoms with Gasteiger partial charge in [0.25, 0.3) is 0 Å². The van der Waals surface area contributed by atoms with Crippen LogP contribution < -0.4 is 11.4 Å². The van der Waals surface area contributed by atoms with Gasteiger partial charge >= 0.3 is 5.69 Å². The molecule has 0 aliphatic carbocycles. The van der Waals surface area contributed by atoms with Crippen molar-refractivity contribution >= 4 is 16.7 Å². The molecule has 0 bridgehead atoms. The van der Waals surface area contributed by atoms with Crippen LogP contribution in [0.15, 0.2) is 108 Å². The summed E-state index contributed by atoms with van der Waals surface area (Å²) < 4.78 is 15.6. The lowest BCUT2D eigenvalue weighted by molar-refractivity contribution is -0.264. The van der Waals surface area contributed by atoms with Crippen molar-refractivity contribution in [2.75, 3.05) is 25.4 Å². The number of rotatable bonds is 7. The number of aliphatic hydroxyl groups excluding tert-OH is 1. The van der Waals surface area contributed by atoms with E-state index in [0.717, 1.165) is 65.8 Å². The normalized spacial score (nSPS) is 23.2. The van der Waals surface area contributed by atoms with Gasteiger partial charge in [-0.15, -0.1) is 0 Å². The molecule has 0 saturated carbocycles. The van der Waals surface area contributed by atoms with Gasteiger partial charge in [-0.2, -0.15) is 0 Å². The standard InChI is InChI=1S/C36H38N4O4/c37-28-10-6-9-27(21-28)35-43-32(22-39-19-17-29(18-20-39)40-31-12-5-4-11-30(31)38-36(40)42)33(25-7-2-1-3-8-25)34(44-35)26-15-13-24(23-41)14-16-26/h1-16,21,29,32-35,41H,17-20,22-23,37H2,(H,38,42). The summed E-state index contributed by atoms with van der Waals surface area (Å²) in [4.78, 5) is 18.4. The number of likely N-dealkylation sites (tertiary alicyclic amines) is 1. The number of benzene rings is 4. The van der Waals surface area contributed by atoms with Crippen LogP contribution in [-0.4, -0.2) is 45.3 Å². The van der Waals surface area contributed by atoms with Crippen molar-refractivity contribution in [2.24, 2.45) is 0 Å². The molecule has 4 aromatic carbocycles. The zero-order valence-corrected chi connectivity index (χ0v) is 24.6. The van der Waals surface area contributed by atoms with E-state index in [4.69, 9.17) is 15.2 Å². The van der Waals surface area contributed by atoms with E-state index in [1.807, 2.05) is 71.3 Å². The number of nitrogens with two attached hydrogens (primary N) is 1. The van der Waals surface area contributed by atoms with Gasteiger partial charge in [0.15, 0.2) is 6.29 Å². The van der Waals surface area contributed by atoms with Gasteiger partial charge in [-0.3, -0.25) is 4.57 Å². The summed E-state index contributed by atoms with van der Waals surface area (Å²) in [6.45, 7) is 2.43. The smallest absolute Gasteiger partial charge is 0.326 e. The second-order valence-electron chi connectivity index (χ2n) is 11.9. The van der Waals surface area contributed by atoms with Crippen molar-refractivity contribution in [1.82, 2.24) is 14.5 Å². The Kier molecular flexibility index (Phi) is 8.06. The molecule has 3 heterocycles. The van der Waals surface area contributed by atoms with Crippen LogP contribution in [0.1, 0.15) is 59.4 Å². The summed E-state index contributed by atoms with van der Waals surface area (Å²) in [6, 6.07) is 34.2. The third-order valence-corrected chi connectivity index (χ3v) is 9.14. The van der Waals surface area contributed by atoms with Gasteiger partial charge < -0.3 is 30.2 Å². The van der Waals surface area contributed by atoms with Gasteiger partial charge in [-0.1, -0.05) is 78.9 Å². The number of aromatic nitrogens is 2. The number of aromatic amines is 1. The Morgan fingerprint density at radius 1 is 0.818 bits per heavy atom. The SMILES string of the molecule is Nc1cccc(C2OC(CN3CCC(n4c(=O)[nH]c5ccccc54)CC3)C(c3ccccc3)C(c3ccc(CO)cc3)O2)c1. The van der Waals surface area contributed by atoms with Crippen LogP contribution in [0.3, 0.4) is 0 Å². The molecule has 8 heteroatoms. The largest absolute Gasteiger partial charge is 0.399 e. The van der Waals surface area contributed by atoms with E-state index in [0.29, 0.717) is 5.69 Å². The Morgan fingerprint density at radius 2 is 1.55 bits per heavy atom.